The van der Waals surface area contributed by atoms with Crippen LogP contribution < -0.4 is 14.8 Å². The van der Waals surface area contributed by atoms with Gasteiger partial charge in [-0.05, 0) is 50.2 Å². The van der Waals surface area contributed by atoms with Crippen molar-refractivity contribution < 1.29 is 18.8 Å². The maximum Gasteiger partial charge on any atom is 0.255 e. The standard InChI is InChI=1S/C20H19ClN2O4/c1-12-17(13(2)27-23-12)11-26-16-6-4-5-14(9-16)20(24)22-18-10-15(21)7-8-19(18)25-3/h4-10H,11H2,1-3H3,(H,22,24). The zero-order chi connectivity index (χ0) is 19.4. The summed E-state index contributed by atoms with van der Waals surface area (Å²) in [6.45, 7) is 4.01. The van der Waals surface area contributed by atoms with E-state index >= 15 is 0 Å². The smallest absolute Gasteiger partial charge is 0.255 e. The average molecular weight is 387 g/mol. The number of amides is 1. The first-order chi connectivity index (χ1) is 13.0. The molecule has 7 heteroatoms. The third-order valence-corrected chi connectivity index (χ3v) is 4.31. The Morgan fingerprint density at radius 1 is 1.22 bits per heavy atom. The first kappa shape index (κ1) is 18.8. The van der Waals surface area contributed by atoms with E-state index in [0.29, 0.717) is 34.4 Å². The van der Waals surface area contributed by atoms with Gasteiger partial charge in [0.1, 0.15) is 23.9 Å². The maximum absolute atomic E-state index is 12.6. The van der Waals surface area contributed by atoms with E-state index in [1.807, 2.05) is 13.8 Å². The van der Waals surface area contributed by atoms with E-state index in [1.165, 1.54) is 7.11 Å². The van der Waals surface area contributed by atoms with Crippen molar-refractivity contribution in [2.24, 2.45) is 0 Å². The van der Waals surface area contributed by atoms with Crippen LogP contribution in [0.15, 0.2) is 47.0 Å². The Bertz CT molecular complexity index is 949. The molecule has 0 aliphatic carbocycles. The monoisotopic (exact) mass is 386 g/mol. The van der Waals surface area contributed by atoms with E-state index in [2.05, 4.69) is 10.5 Å². The molecule has 6 nitrogen and oxygen atoms in total. The normalized spacial score (nSPS) is 10.5. The van der Waals surface area contributed by atoms with Crippen LogP contribution in [-0.2, 0) is 6.61 Å². The highest BCUT2D eigenvalue weighted by atomic mass is 35.5. The fourth-order valence-electron chi connectivity index (χ4n) is 2.56. The van der Waals surface area contributed by atoms with Crippen LogP contribution in [0.4, 0.5) is 5.69 Å². The number of carbonyl (C=O) groups excluding carboxylic acids is 1. The Hall–Kier alpha value is -2.99. The third kappa shape index (κ3) is 4.41. The van der Waals surface area contributed by atoms with Gasteiger partial charge < -0.3 is 19.3 Å². The molecule has 0 aliphatic heterocycles. The van der Waals surface area contributed by atoms with Crippen LogP contribution in [0.2, 0.25) is 5.02 Å². The summed E-state index contributed by atoms with van der Waals surface area (Å²) in [7, 11) is 1.53. The zero-order valence-electron chi connectivity index (χ0n) is 15.2. The number of ether oxygens (including phenoxy) is 2. The highest BCUT2D eigenvalue weighted by Crippen LogP contribution is 2.28. The van der Waals surface area contributed by atoms with Gasteiger partial charge in [0.15, 0.2) is 0 Å². The molecule has 0 atom stereocenters. The second-order valence-corrected chi connectivity index (χ2v) is 6.35. The zero-order valence-corrected chi connectivity index (χ0v) is 16.0. The molecule has 3 aromatic rings. The molecule has 0 fully saturated rings. The predicted molar refractivity (Wildman–Crippen MR) is 103 cm³/mol. The summed E-state index contributed by atoms with van der Waals surface area (Å²) in [4.78, 5) is 12.6. The van der Waals surface area contributed by atoms with Crippen molar-refractivity contribution in [1.82, 2.24) is 5.16 Å². The van der Waals surface area contributed by atoms with Gasteiger partial charge in [0.2, 0.25) is 0 Å². The van der Waals surface area contributed by atoms with E-state index < -0.39 is 0 Å². The van der Waals surface area contributed by atoms with Crippen LogP contribution >= 0.6 is 11.6 Å². The Balaban J connectivity index is 1.73. The summed E-state index contributed by atoms with van der Waals surface area (Å²) in [6, 6.07) is 11.9. The molecule has 0 saturated carbocycles. The summed E-state index contributed by atoms with van der Waals surface area (Å²) in [5.41, 5.74) is 2.63. The van der Waals surface area contributed by atoms with Gasteiger partial charge >= 0.3 is 0 Å². The maximum atomic E-state index is 12.6. The highest BCUT2D eigenvalue weighted by molar-refractivity contribution is 6.31. The van der Waals surface area contributed by atoms with Crippen LogP contribution in [0.5, 0.6) is 11.5 Å². The van der Waals surface area contributed by atoms with Gasteiger partial charge in [-0.3, -0.25) is 4.79 Å². The van der Waals surface area contributed by atoms with Gasteiger partial charge in [0, 0.05) is 10.6 Å². The number of anilines is 1. The van der Waals surface area contributed by atoms with Gasteiger partial charge in [-0.1, -0.05) is 22.8 Å². The molecule has 140 valence electrons. The lowest BCUT2D eigenvalue weighted by Crippen LogP contribution is -2.12. The number of aryl methyl sites for hydroxylation is 2. The molecule has 0 saturated heterocycles. The van der Waals surface area contributed by atoms with Crippen molar-refractivity contribution in [3.05, 3.63) is 70.1 Å². The van der Waals surface area contributed by atoms with Crippen LogP contribution in [0, 0.1) is 13.8 Å². The van der Waals surface area contributed by atoms with Crippen LogP contribution in [0.3, 0.4) is 0 Å². The summed E-state index contributed by atoms with van der Waals surface area (Å²) >= 11 is 6.00. The number of benzene rings is 2. The van der Waals surface area contributed by atoms with Gasteiger partial charge in [-0.25, -0.2) is 0 Å². The number of nitrogens with one attached hydrogen (secondary N) is 1. The highest BCUT2D eigenvalue weighted by Gasteiger charge is 2.13. The van der Waals surface area contributed by atoms with Gasteiger partial charge in [-0.15, -0.1) is 0 Å². The molecule has 0 spiro atoms. The Morgan fingerprint density at radius 3 is 2.74 bits per heavy atom. The Morgan fingerprint density at radius 2 is 2.04 bits per heavy atom. The minimum absolute atomic E-state index is 0.293. The Labute approximate surface area is 162 Å². The minimum atomic E-state index is -0.293. The topological polar surface area (TPSA) is 73.6 Å². The lowest BCUT2D eigenvalue weighted by atomic mass is 10.2. The summed E-state index contributed by atoms with van der Waals surface area (Å²) in [5.74, 6) is 1.52. The molecule has 0 bridgehead atoms. The van der Waals surface area contributed by atoms with Crippen molar-refractivity contribution in [1.29, 1.82) is 0 Å². The average Bonchev–Trinajstić information content (AvgIpc) is 2.98. The van der Waals surface area contributed by atoms with Gasteiger partial charge in [0.05, 0.1) is 24.1 Å². The number of carbonyl (C=O) groups is 1. The number of nitrogens with zero attached hydrogens (tertiary/aromatic N) is 1. The lowest BCUT2D eigenvalue weighted by Gasteiger charge is -2.11. The van der Waals surface area contributed by atoms with Crippen LogP contribution in [-0.4, -0.2) is 18.2 Å². The van der Waals surface area contributed by atoms with E-state index in [-0.39, 0.29) is 5.91 Å². The largest absolute Gasteiger partial charge is 0.495 e. The molecular formula is C20H19ClN2O4. The molecule has 0 unspecified atom stereocenters. The summed E-state index contributed by atoms with van der Waals surface area (Å²) in [5, 5.41) is 7.21. The number of hydrogen-bond acceptors (Lipinski definition) is 5. The van der Waals surface area contributed by atoms with E-state index in [4.69, 9.17) is 25.6 Å². The van der Waals surface area contributed by atoms with Gasteiger partial charge in [0.25, 0.3) is 5.91 Å². The van der Waals surface area contributed by atoms with E-state index in [0.717, 1.165) is 17.0 Å². The van der Waals surface area contributed by atoms with Crippen molar-refractivity contribution in [2.45, 2.75) is 20.5 Å². The molecule has 1 heterocycles. The number of rotatable bonds is 6. The fraction of sp³-hybridized carbons (Fsp3) is 0.200. The van der Waals surface area contributed by atoms with Crippen molar-refractivity contribution in [2.75, 3.05) is 12.4 Å². The number of methoxy groups -OCH3 is 1. The molecule has 27 heavy (non-hydrogen) atoms. The number of halogens is 1. The molecule has 0 radical (unpaired) electrons. The molecule has 0 aliphatic rings. The second-order valence-electron chi connectivity index (χ2n) is 5.92. The molecule has 1 N–H and O–H groups in total. The first-order valence-corrected chi connectivity index (χ1v) is 8.65. The fourth-order valence-corrected chi connectivity index (χ4v) is 2.74. The van der Waals surface area contributed by atoms with Crippen LogP contribution in [0.25, 0.3) is 0 Å². The number of hydrogen-bond donors (Lipinski definition) is 1. The molecule has 2 aromatic carbocycles. The molecule has 1 amide bonds. The van der Waals surface area contributed by atoms with Crippen molar-refractivity contribution in [3.63, 3.8) is 0 Å². The second kappa shape index (κ2) is 8.14. The van der Waals surface area contributed by atoms with Gasteiger partial charge in [-0.2, -0.15) is 0 Å². The van der Waals surface area contributed by atoms with Crippen LogP contribution in [0.1, 0.15) is 27.4 Å². The summed E-state index contributed by atoms with van der Waals surface area (Å²) in [6.07, 6.45) is 0. The molecule has 3 rings (SSSR count). The third-order valence-electron chi connectivity index (χ3n) is 4.07. The minimum Gasteiger partial charge on any atom is -0.495 e. The van der Waals surface area contributed by atoms with E-state index in [1.54, 1.807) is 42.5 Å². The molecule has 1 aromatic heterocycles. The Kier molecular flexibility index (Phi) is 5.66. The quantitative estimate of drug-likeness (QED) is 0.659. The summed E-state index contributed by atoms with van der Waals surface area (Å²) < 4.78 is 16.2. The first-order valence-electron chi connectivity index (χ1n) is 8.27. The van der Waals surface area contributed by atoms with Crippen molar-refractivity contribution in [3.8, 4) is 11.5 Å². The lowest BCUT2D eigenvalue weighted by molar-refractivity contribution is 0.102. The number of aromatic nitrogens is 1. The molecular weight excluding hydrogens is 368 g/mol. The van der Waals surface area contributed by atoms with E-state index in [9.17, 15) is 4.79 Å². The van der Waals surface area contributed by atoms with Crippen molar-refractivity contribution >= 4 is 23.2 Å². The predicted octanol–water partition coefficient (Wildman–Crippen LogP) is 4.78. The SMILES string of the molecule is COc1ccc(Cl)cc1NC(=O)c1cccc(OCc2c(C)noc2C)c1.